The molecule has 0 aliphatic carbocycles. The van der Waals surface area contributed by atoms with E-state index in [2.05, 4.69) is 47.0 Å². The number of aromatic nitrogens is 4. The van der Waals surface area contributed by atoms with Crippen LogP contribution in [0, 0.1) is 5.82 Å². The number of rotatable bonds is 7. The van der Waals surface area contributed by atoms with Gasteiger partial charge in [0.15, 0.2) is 0 Å². The maximum atomic E-state index is 15.3. The zero-order chi connectivity index (χ0) is 30.0. The molecule has 8 nitrogen and oxygen atoms in total. The summed E-state index contributed by atoms with van der Waals surface area (Å²) in [5.41, 5.74) is 6.43. The van der Waals surface area contributed by atoms with Crippen LogP contribution in [0.2, 0.25) is 0 Å². The number of nitrogens with zero attached hydrogens (tertiary/aromatic N) is 5. The third kappa shape index (κ3) is 6.63. The average molecular weight is 579 g/mol. The number of halogens is 1. The van der Waals surface area contributed by atoms with Crippen molar-refractivity contribution in [1.29, 1.82) is 0 Å². The predicted octanol–water partition coefficient (Wildman–Crippen LogP) is 5.91. The van der Waals surface area contributed by atoms with E-state index >= 15 is 4.39 Å². The van der Waals surface area contributed by atoms with Crippen LogP contribution in [0.3, 0.4) is 0 Å². The molecule has 1 N–H and O–H groups in total. The standard InChI is InChI=1S/C34H35FN6O2/c1-34(2,3)27-19-28(22-40-12-14-43-15-13-40)38-31(20-27)39-33(42)18-25-4-5-26(16-29(25)35)30-21-37-32-17-24(8-11-41(30)32)23-6-9-36-10-7-23/h4-11,16-17,19-21H,12-15,18,22H2,1-3H3,(H,38,39,42). The van der Waals surface area contributed by atoms with Gasteiger partial charge in [-0.1, -0.05) is 32.9 Å². The quantitative estimate of drug-likeness (QED) is 0.259. The molecule has 1 aliphatic heterocycles. The number of carbonyl (C=O) groups excluding carboxylic acids is 1. The third-order valence-electron chi connectivity index (χ3n) is 7.73. The van der Waals surface area contributed by atoms with Crippen molar-refractivity contribution in [2.75, 3.05) is 31.6 Å². The molecule has 1 aliphatic rings. The molecule has 0 unspecified atom stereocenters. The monoisotopic (exact) mass is 578 g/mol. The summed E-state index contributed by atoms with van der Waals surface area (Å²) in [5.74, 6) is -0.282. The maximum absolute atomic E-state index is 15.3. The number of imidazole rings is 1. The van der Waals surface area contributed by atoms with Gasteiger partial charge in [0.1, 0.15) is 17.3 Å². The van der Waals surface area contributed by atoms with Gasteiger partial charge in [0.05, 0.1) is 37.2 Å². The summed E-state index contributed by atoms with van der Waals surface area (Å²) in [7, 11) is 0. The fourth-order valence-corrected chi connectivity index (χ4v) is 5.28. The number of ether oxygens (including phenoxy) is 1. The molecule has 0 atom stereocenters. The van der Waals surface area contributed by atoms with E-state index in [0.29, 0.717) is 36.7 Å². The minimum atomic E-state index is -0.444. The smallest absolute Gasteiger partial charge is 0.230 e. The van der Waals surface area contributed by atoms with Gasteiger partial charge < -0.3 is 10.1 Å². The normalized spacial score (nSPS) is 14.2. The number of fused-ring (bicyclic) bond motifs is 1. The van der Waals surface area contributed by atoms with Crippen LogP contribution in [-0.2, 0) is 27.9 Å². The summed E-state index contributed by atoms with van der Waals surface area (Å²) in [6, 6.07) is 16.8. The second-order valence-electron chi connectivity index (χ2n) is 11.9. The van der Waals surface area contributed by atoms with Crippen molar-refractivity contribution in [3.63, 3.8) is 0 Å². The Morgan fingerprint density at radius 1 is 0.977 bits per heavy atom. The Morgan fingerprint density at radius 3 is 2.51 bits per heavy atom. The molecule has 1 aromatic carbocycles. The van der Waals surface area contributed by atoms with Gasteiger partial charge in [-0.05, 0) is 70.1 Å². The molecule has 0 bridgehead atoms. The van der Waals surface area contributed by atoms with Gasteiger partial charge in [-0.2, -0.15) is 0 Å². The second kappa shape index (κ2) is 12.0. The molecule has 43 heavy (non-hydrogen) atoms. The van der Waals surface area contributed by atoms with E-state index in [4.69, 9.17) is 9.72 Å². The van der Waals surface area contributed by atoms with Crippen molar-refractivity contribution < 1.29 is 13.9 Å². The maximum Gasteiger partial charge on any atom is 0.230 e. The Bertz CT molecular complexity index is 1760. The van der Waals surface area contributed by atoms with Gasteiger partial charge in [0, 0.05) is 43.8 Å². The van der Waals surface area contributed by atoms with Gasteiger partial charge in [0.25, 0.3) is 0 Å². The lowest BCUT2D eigenvalue weighted by molar-refractivity contribution is -0.115. The highest BCUT2D eigenvalue weighted by molar-refractivity contribution is 5.91. The van der Waals surface area contributed by atoms with E-state index in [1.54, 1.807) is 24.7 Å². The first-order valence-corrected chi connectivity index (χ1v) is 14.5. The summed E-state index contributed by atoms with van der Waals surface area (Å²) in [6.45, 7) is 10.2. The Morgan fingerprint density at radius 2 is 1.77 bits per heavy atom. The molecule has 1 saturated heterocycles. The largest absolute Gasteiger partial charge is 0.379 e. The van der Waals surface area contributed by atoms with Crippen LogP contribution in [0.1, 0.15) is 37.6 Å². The van der Waals surface area contributed by atoms with Crippen molar-refractivity contribution in [3.05, 3.63) is 102 Å². The van der Waals surface area contributed by atoms with Crippen molar-refractivity contribution in [3.8, 4) is 22.4 Å². The fraction of sp³-hybridized carbons (Fsp3) is 0.294. The highest BCUT2D eigenvalue weighted by atomic mass is 19.1. The van der Waals surface area contributed by atoms with Gasteiger partial charge in [-0.3, -0.25) is 19.1 Å². The first-order chi connectivity index (χ1) is 20.7. The van der Waals surface area contributed by atoms with Crippen molar-refractivity contribution in [2.45, 2.75) is 39.2 Å². The zero-order valence-electron chi connectivity index (χ0n) is 24.7. The van der Waals surface area contributed by atoms with Crippen molar-refractivity contribution in [2.24, 2.45) is 0 Å². The Balaban J connectivity index is 1.18. The van der Waals surface area contributed by atoms with Crippen molar-refractivity contribution in [1.82, 2.24) is 24.3 Å². The van der Waals surface area contributed by atoms with E-state index in [1.807, 2.05) is 47.0 Å². The molecule has 0 saturated carbocycles. The predicted molar refractivity (Wildman–Crippen MR) is 165 cm³/mol. The van der Waals surface area contributed by atoms with Crippen LogP contribution < -0.4 is 5.32 Å². The molecule has 1 amide bonds. The summed E-state index contributed by atoms with van der Waals surface area (Å²) in [4.78, 5) is 28.7. The first kappa shape index (κ1) is 28.6. The Hall–Kier alpha value is -4.47. The van der Waals surface area contributed by atoms with E-state index in [1.165, 1.54) is 6.07 Å². The first-order valence-electron chi connectivity index (χ1n) is 14.5. The summed E-state index contributed by atoms with van der Waals surface area (Å²) < 4.78 is 22.7. The van der Waals surface area contributed by atoms with E-state index in [0.717, 1.165) is 46.8 Å². The Labute approximate surface area is 250 Å². The summed E-state index contributed by atoms with van der Waals surface area (Å²) >= 11 is 0. The molecule has 9 heteroatoms. The van der Waals surface area contributed by atoms with Crippen LogP contribution in [0.25, 0.3) is 28.0 Å². The third-order valence-corrected chi connectivity index (χ3v) is 7.73. The Kier molecular flexibility index (Phi) is 8.01. The molecule has 0 radical (unpaired) electrons. The number of hydrogen-bond donors (Lipinski definition) is 1. The van der Waals surface area contributed by atoms with Gasteiger partial charge >= 0.3 is 0 Å². The second-order valence-corrected chi connectivity index (χ2v) is 11.9. The minimum Gasteiger partial charge on any atom is -0.379 e. The molecule has 0 spiro atoms. The number of benzene rings is 1. The molecule has 4 aromatic heterocycles. The fourth-order valence-electron chi connectivity index (χ4n) is 5.28. The van der Waals surface area contributed by atoms with Gasteiger partial charge in [0.2, 0.25) is 5.91 Å². The van der Waals surface area contributed by atoms with Gasteiger partial charge in [-0.25, -0.2) is 14.4 Å². The molecule has 6 rings (SSSR count). The number of nitrogens with one attached hydrogen (secondary N) is 1. The zero-order valence-corrected chi connectivity index (χ0v) is 24.7. The number of carbonyl (C=O) groups is 1. The van der Waals surface area contributed by atoms with Crippen molar-refractivity contribution >= 4 is 17.4 Å². The highest BCUT2D eigenvalue weighted by Crippen LogP contribution is 2.28. The SMILES string of the molecule is CC(C)(C)c1cc(CN2CCOCC2)nc(NC(=O)Cc2ccc(-c3cnc4cc(-c5ccncc5)ccn34)cc2F)c1. The van der Waals surface area contributed by atoms with Crippen LogP contribution in [0.4, 0.5) is 10.2 Å². The van der Waals surface area contributed by atoms with Crippen LogP contribution in [-0.4, -0.2) is 56.5 Å². The molecular formula is C34H35FN6O2. The molecule has 1 fully saturated rings. The lowest BCUT2D eigenvalue weighted by Crippen LogP contribution is -2.36. The van der Waals surface area contributed by atoms with Crippen LogP contribution >= 0.6 is 0 Å². The van der Waals surface area contributed by atoms with Crippen LogP contribution in [0.5, 0.6) is 0 Å². The van der Waals surface area contributed by atoms with E-state index < -0.39 is 5.82 Å². The number of pyridine rings is 3. The number of morpholine rings is 1. The lowest BCUT2D eigenvalue weighted by atomic mass is 9.87. The topological polar surface area (TPSA) is 84.6 Å². The lowest BCUT2D eigenvalue weighted by Gasteiger charge is -2.27. The van der Waals surface area contributed by atoms with Gasteiger partial charge in [-0.15, -0.1) is 0 Å². The summed E-state index contributed by atoms with van der Waals surface area (Å²) in [5, 5.41) is 2.91. The number of anilines is 1. The number of hydrogen-bond acceptors (Lipinski definition) is 6. The van der Waals surface area contributed by atoms with E-state index in [9.17, 15) is 4.79 Å². The molecule has 220 valence electrons. The number of amides is 1. The molecular weight excluding hydrogens is 543 g/mol. The molecule has 5 heterocycles. The van der Waals surface area contributed by atoms with E-state index in [-0.39, 0.29) is 17.7 Å². The average Bonchev–Trinajstić information content (AvgIpc) is 3.42. The van der Waals surface area contributed by atoms with Crippen LogP contribution in [0.15, 0.2) is 79.4 Å². The molecule has 5 aromatic rings. The minimum absolute atomic E-state index is 0.102. The highest BCUT2D eigenvalue weighted by Gasteiger charge is 2.20. The summed E-state index contributed by atoms with van der Waals surface area (Å²) in [6.07, 6.45) is 7.07.